The third kappa shape index (κ3) is 9.89. The van der Waals surface area contributed by atoms with E-state index in [0.717, 1.165) is 36.8 Å². The van der Waals surface area contributed by atoms with Crippen molar-refractivity contribution in [1.29, 1.82) is 0 Å². The van der Waals surface area contributed by atoms with Gasteiger partial charge in [0.25, 0.3) is 7.72 Å². The predicted octanol–water partition coefficient (Wildman–Crippen LogP) is 7.11. The summed E-state index contributed by atoms with van der Waals surface area (Å²) in [5.41, 5.74) is 1.12. The Morgan fingerprint density at radius 1 is 1.11 bits per heavy atom. The van der Waals surface area contributed by atoms with Gasteiger partial charge < -0.3 is 14.4 Å². The number of hydrogen-bond acceptors (Lipinski definition) is 6. The number of benzene rings is 1. The Balaban J connectivity index is 2.07. The van der Waals surface area contributed by atoms with Gasteiger partial charge >= 0.3 is 12.1 Å². The second kappa shape index (κ2) is 13.3. The molecule has 0 saturated heterocycles. The van der Waals surface area contributed by atoms with Crippen molar-refractivity contribution in [2.45, 2.75) is 72.3 Å². The zero-order valence-electron chi connectivity index (χ0n) is 20.9. The number of rotatable bonds is 9. The first-order chi connectivity index (χ1) is 16.3. The number of amides is 1. The molecule has 1 aliphatic carbocycles. The van der Waals surface area contributed by atoms with Gasteiger partial charge in [-0.1, -0.05) is 35.7 Å². The van der Waals surface area contributed by atoms with Crippen molar-refractivity contribution in [3.8, 4) is 0 Å². The Hall–Kier alpha value is -1.37. The van der Waals surface area contributed by atoms with E-state index in [-0.39, 0.29) is 12.7 Å². The van der Waals surface area contributed by atoms with Crippen molar-refractivity contribution >= 4 is 43.0 Å². The molecular formula is C25H37Cl2NO6P+. The number of hydrogen-bond donors (Lipinski definition) is 2. The molecule has 1 saturated carbocycles. The fraction of sp³-hybridized carbons (Fsp3) is 0.600. The Kier molecular flexibility index (Phi) is 11.3. The molecule has 2 N–H and O–H groups in total. The molecule has 1 aliphatic rings. The van der Waals surface area contributed by atoms with E-state index in [1.807, 2.05) is 6.92 Å². The largest absolute Gasteiger partial charge is 0.427 e. The zero-order valence-corrected chi connectivity index (χ0v) is 23.3. The molecule has 1 unspecified atom stereocenters. The van der Waals surface area contributed by atoms with Crippen LogP contribution < -0.4 is 0 Å². The van der Waals surface area contributed by atoms with Gasteiger partial charge in [0.2, 0.25) is 6.79 Å². The molecule has 0 spiro atoms. The smallest absolute Gasteiger partial charge is 0.413 e. The molecule has 1 aromatic carbocycles. The van der Waals surface area contributed by atoms with Crippen LogP contribution in [0.15, 0.2) is 29.6 Å². The summed E-state index contributed by atoms with van der Waals surface area (Å²) in [6, 6.07) is 4.65. The molecule has 0 bridgehead atoms. The topological polar surface area (TPSA) is 96.3 Å². The average molecular weight is 549 g/mol. The fourth-order valence-corrected chi connectivity index (χ4v) is 5.68. The summed E-state index contributed by atoms with van der Waals surface area (Å²) in [4.78, 5) is 47.5. The minimum Gasteiger partial charge on any atom is -0.427 e. The standard InChI is InChI=1S/C25H37Cl2NO6P/c1-18(20-11-12-21(26)22(27)15-20)28(24(30)34-17-33-23(29)25(2,3)4)13-8-14-35(31,32)16-19-9-6-5-7-10-19/h11-12,15-16,18,31-32H,5-10,13-14,17H2,1-4H3/q+1. The number of halogens is 2. The van der Waals surface area contributed by atoms with Crippen LogP contribution in [0.3, 0.4) is 0 Å². The summed E-state index contributed by atoms with van der Waals surface area (Å²) in [6.07, 6.45) is 4.97. The monoisotopic (exact) mass is 548 g/mol. The SMILES string of the molecule is CC(c1ccc(Cl)c(Cl)c1)N(CCC[P+](O)(O)C=C1CCCCC1)C(=O)OCOC(=O)C(C)(C)C. The molecule has 7 nitrogen and oxygen atoms in total. The number of ether oxygens (including phenoxy) is 2. The lowest BCUT2D eigenvalue weighted by Gasteiger charge is -2.29. The zero-order chi connectivity index (χ0) is 26.2. The lowest BCUT2D eigenvalue weighted by Crippen LogP contribution is -2.36. The first-order valence-corrected chi connectivity index (χ1v) is 14.6. The summed E-state index contributed by atoms with van der Waals surface area (Å²) in [5.74, 6) is 1.17. The summed E-state index contributed by atoms with van der Waals surface area (Å²) >= 11 is 12.2. The van der Waals surface area contributed by atoms with Crippen molar-refractivity contribution in [2.24, 2.45) is 5.41 Å². The summed E-state index contributed by atoms with van der Waals surface area (Å²) < 4.78 is 10.3. The van der Waals surface area contributed by atoms with Crippen LogP contribution in [0.5, 0.6) is 0 Å². The minimum absolute atomic E-state index is 0.160. The van der Waals surface area contributed by atoms with Crippen LogP contribution in [0.1, 0.15) is 77.8 Å². The molecule has 0 radical (unpaired) electrons. The van der Waals surface area contributed by atoms with E-state index in [0.29, 0.717) is 16.5 Å². The molecule has 0 heterocycles. The van der Waals surface area contributed by atoms with Crippen LogP contribution in [0.4, 0.5) is 4.79 Å². The van der Waals surface area contributed by atoms with E-state index in [1.54, 1.807) is 44.8 Å². The maximum absolute atomic E-state index is 12.9. The first kappa shape index (κ1) is 29.9. The second-order valence-corrected chi connectivity index (χ2v) is 13.1. The molecule has 0 aromatic heterocycles. The molecular weight excluding hydrogens is 512 g/mol. The van der Waals surface area contributed by atoms with Gasteiger partial charge in [-0.05, 0) is 76.6 Å². The first-order valence-electron chi connectivity index (χ1n) is 11.9. The average Bonchev–Trinajstić information content (AvgIpc) is 2.77. The fourth-order valence-electron chi connectivity index (χ4n) is 3.79. The van der Waals surface area contributed by atoms with E-state index in [9.17, 15) is 19.4 Å². The van der Waals surface area contributed by atoms with E-state index >= 15 is 0 Å². The molecule has 0 aliphatic heterocycles. The minimum atomic E-state index is -3.22. The molecule has 1 aromatic rings. The van der Waals surface area contributed by atoms with Crippen LogP contribution in [0, 0.1) is 5.41 Å². The third-order valence-electron chi connectivity index (χ3n) is 5.88. The predicted molar refractivity (Wildman–Crippen MR) is 140 cm³/mol. The molecule has 1 amide bonds. The molecule has 1 atom stereocenters. The molecule has 1 fully saturated rings. The van der Waals surface area contributed by atoms with Crippen molar-refractivity contribution in [1.82, 2.24) is 4.90 Å². The Morgan fingerprint density at radius 3 is 2.37 bits per heavy atom. The highest BCUT2D eigenvalue weighted by Crippen LogP contribution is 2.54. The number of carbonyl (C=O) groups excluding carboxylic acids is 2. The highest BCUT2D eigenvalue weighted by molar-refractivity contribution is 7.67. The molecule has 35 heavy (non-hydrogen) atoms. The number of esters is 1. The van der Waals surface area contributed by atoms with Crippen molar-refractivity contribution in [3.05, 3.63) is 45.2 Å². The highest BCUT2D eigenvalue weighted by Gasteiger charge is 2.33. The van der Waals surface area contributed by atoms with Crippen LogP contribution in [-0.4, -0.2) is 46.2 Å². The molecule has 196 valence electrons. The maximum atomic E-state index is 12.9. The maximum Gasteiger partial charge on any atom is 0.413 e. The van der Waals surface area contributed by atoms with Gasteiger partial charge in [0.1, 0.15) is 12.0 Å². The second-order valence-electron chi connectivity index (χ2n) is 9.96. The Morgan fingerprint density at radius 2 is 1.77 bits per heavy atom. The number of nitrogens with zero attached hydrogens (tertiary/aromatic N) is 1. The van der Waals surface area contributed by atoms with Crippen molar-refractivity contribution in [2.75, 3.05) is 19.5 Å². The Labute approximate surface area is 218 Å². The lowest BCUT2D eigenvalue weighted by molar-refractivity contribution is -0.162. The van der Waals surface area contributed by atoms with Crippen molar-refractivity contribution < 1.29 is 28.8 Å². The third-order valence-corrected chi connectivity index (χ3v) is 8.38. The quantitative estimate of drug-likeness (QED) is 0.194. The van der Waals surface area contributed by atoms with E-state index < -0.39 is 38.0 Å². The summed E-state index contributed by atoms with van der Waals surface area (Å²) in [6.45, 7) is 6.63. The van der Waals surface area contributed by atoms with Crippen LogP contribution in [-0.2, 0) is 14.3 Å². The van der Waals surface area contributed by atoms with Gasteiger partial charge in [0, 0.05) is 13.0 Å². The van der Waals surface area contributed by atoms with E-state index in [4.69, 9.17) is 32.7 Å². The van der Waals surface area contributed by atoms with E-state index in [2.05, 4.69) is 0 Å². The van der Waals surface area contributed by atoms with Crippen LogP contribution >= 0.6 is 30.9 Å². The lowest BCUT2D eigenvalue weighted by atomic mass is 9.96. The van der Waals surface area contributed by atoms with Gasteiger partial charge in [0.05, 0.1) is 21.5 Å². The Bertz CT molecular complexity index is 908. The van der Waals surface area contributed by atoms with Gasteiger partial charge in [-0.2, -0.15) is 0 Å². The molecule has 10 heteroatoms. The number of allylic oxidation sites excluding steroid dienone is 1. The van der Waals surface area contributed by atoms with Gasteiger partial charge in [-0.3, -0.25) is 4.79 Å². The highest BCUT2D eigenvalue weighted by atomic mass is 35.5. The summed E-state index contributed by atoms with van der Waals surface area (Å²) in [5, 5.41) is 0.759. The summed E-state index contributed by atoms with van der Waals surface area (Å²) in [7, 11) is -3.22. The molecule has 2 rings (SSSR count). The van der Waals surface area contributed by atoms with Crippen molar-refractivity contribution in [3.63, 3.8) is 0 Å². The normalized spacial score (nSPS) is 15.4. The van der Waals surface area contributed by atoms with Crippen LogP contribution in [0.2, 0.25) is 10.0 Å². The van der Waals surface area contributed by atoms with Crippen LogP contribution in [0.25, 0.3) is 0 Å². The van der Waals surface area contributed by atoms with E-state index in [1.165, 1.54) is 11.3 Å². The number of carbonyl (C=O) groups is 2. The van der Waals surface area contributed by atoms with Gasteiger partial charge in [-0.15, -0.1) is 0 Å². The van der Waals surface area contributed by atoms with Gasteiger partial charge in [-0.25, -0.2) is 14.6 Å². The van der Waals surface area contributed by atoms with Gasteiger partial charge in [0.15, 0.2) is 0 Å².